The molecule has 0 N–H and O–H groups in total. The summed E-state index contributed by atoms with van der Waals surface area (Å²) < 4.78 is 88.9. The first kappa shape index (κ1) is 21.9. The van der Waals surface area contributed by atoms with Crippen LogP contribution >= 0.6 is 0 Å². The van der Waals surface area contributed by atoms with E-state index in [1.54, 1.807) is 18.2 Å². The van der Waals surface area contributed by atoms with Crippen molar-refractivity contribution >= 4 is 12.0 Å². The fraction of sp³-hybridized carbons (Fsp3) is 0.286. The molecule has 0 bridgehead atoms. The first-order chi connectivity index (χ1) is 15.3. The van der Waals surface area contributed by atoms with E-state index < -0.39 is 46.7 Å². The Labute approximate surface area is 178 Å². The van der Waals surface area contributed by atoms with Crippen molar-refractivity contribution in [2.24, 2.45) is 0 Å². The van der Waals surface area contributed by atoms with Gasteiger partial charge >= 0.3 is 0 Å². The summed E-state index contributed by atoms with van der Waals surface area (Å²) in [6, 6.07) is 5.03. The summed E-state index contributed by atoms with van der Waals surface area (Å²) in [5.41, 5.74) is -1.19. The lowest BCUT2D eigenvalue weighted by Crippen LogP contribution is -2.47. The molecule has 1 atom stereocenters. The number of benzene rings is 2. The predicted molar refractivity (Wildman–Crippen MR) is 99.6 cm³/mol. The fourth-order valence-corrected chi connectivity index (χ4v) is 3.20. The predicted octanol–water partition coefficient (Wildman–Crippen LogP) is 3.43. The maximum atomic E-state index is 13.8. The third-order valence-corrected chi connectivity index (χ3v) is 4.87. The molecule has 11 heteroatoms. The normalized spacial score (nSPS) is 17.8. The lowest BCUT2D eigenvalue weighted by atomic mass is 10.1. The molecule has 2 aliphatic heterocycles. The highest BCUT2D eigenvalue weighted by Crippen LogP contribution is 2.35. The molecule has 32 heavy (non-hydrogen) atoms. The van der Waals surface area contributed by atoms with Gasteiger partial charge < -0.3 is 23.8 Å². The van der Waals surface area contributed by atoms with Crippen LogP contribution in [0.2, 0.25) is 0 Å². The second-order valence-corrected chi connectivity index (χ2v) is 6.92. The highest BCUT2D eigenvalue weighted by atomic mass is 19.2. The molecule has 2 aromatic rings. The van der Waals surface area contributed by atoms with E-state index in [9.17, 15) is 26.7 Å². The zero-order chi connectivity index (χ0) is 22.8. The van der Waals surface area contributed by atoms with Crippen molar-refractivity contribution in [3.63, 3.8) is 0 Å². The van der Waals surface area contributed by atoms with Crippen LogP contribution in [0.15, 0.2) is 24.3 Å². The van der Waals surface area contributed by atoms with Gasteiger partial charge in [-0.25, -0.2) is 22.0 Å². The van der Waals surface area contributed by atoms with Crippen molar-refractivity contribution < 1.29 is 45.7 Å². The number of amides is 1. The van der Waals surface area contributed by atoms with Gasteiger partial charge in [0.15, 0.2) is 34.8 Å². The maximum Gasteiger partial charge on any atom is 0.246 e. The summed E-state index contributed by atoms with van der Waals surface area (Å²) >= 11 is 0. The number of rotatable bonds is 5. The highest BCUT2D eigenvalue weighted by Gasteiger charge is 2.26. The van der Waals surface area contributed by atoms with Crippen molar-refractivity contribution in [1.29, 1.82) is 0 Å². The van der Waals surface area contributed by atoms with Crippen LogP contribution in [-0.4, -0.2) is 50.0 Å². The number of nitrogens with zero attached hydrogens (tertiary/aromatic N) is 1. The van der Waals surface area contributed by atoms with E-state index in [2.05, 4.69) is 0 Å². The molecule has 0 radical (unpaired) electrons. The van der Waals surface area contributed by atoms with Gasteiger partial charge in [-0.1, -0.05) is 0 Å². The van der Waals surface area contributed by atoms with E-state index in [-0.39, 0.29) is 33.1 Å². The second kappa shape index (κ2) is 9.03. The third-order valence-electron chi connectivity index (χ3n) is 4.87. The van der Waals surface area contributed by atoms with Crippen LogP contribution in [0.1, 0.15) is 5.56 Å². The van der Waals surface area contributed by atoms with Gasteiger partial charge in [-0.15, -0.1) is 0 Å². The second-order valence-electron chi connectivity index (χ2n) is 6.92. The molecule has 1 unspecified atom stereocenters. The fourth-order valence-electron chi connectivity index (χ4n) is 3.20. The minimum absolute atomic E-state index is 0.102. The lowest BCUT2D eigenvalue weighted by molar-refractivity contribution is -0.134. The molecule has 0 spiro atoms. The Bertz CT molecular complexity index is 1050. The van der Waals surface area contributed by atoms with Crippen LogP contribution in [0.25, 0.3) is 6.08 Å². The molecule has 6 nitrogen and oxygen atoms in total. The number of morpholine rings is 1. The molecule has 1 fully saturated rings. The number of carbonyl (C=O) groups excluding carboxylic acids is 1. The molecule has 4 rings (SSSR count). The van der Waals surface area contributed by atoms with Crippen molar-refractivity contribution in [1.82, 2.24) is 4.90 Å². The molecule has 0 aliphatic carbocycles. The Morgan fingerprint density at radius 3 is 2.47 bits per heavy atom. The average Bonchev–Trinajstić information content (AvgIpc) is 3.28. The molecule has 2 heterocycles. The Kier molecular flexibility index (Phi) is 6.17. The molecular formula is C21H16F5NO5. The topological polar surface area (TPSA) is 57.2 Å². The molecule has 170 valence electrons. The Morgan fingerprint density at radius 1 is 1.03 bits per heavy atom. The summed E-state index contributed by atoms with van der Waals surface area (Å²) in [4.78, 5) is 13.7. The smallest absolute Gasteiger partial charge is 0.246 e. The van der Waals surface area contributed by atoms with Gasteiger partial charge in [0.25, 0.3) is 0 Å². The summed E-state index contributed by atoms with van der Waals surface area (Å²) in [7, 11) is 0. The van der Waals surface area contributed by atoms with Crippen LogP contribution in [0, 0.1) is 29.1 Å². The van der Waals surface area contributed by atoms with Gasteiger partial charge in [0.1, 0.15) is 18.5 Å². The molecule has 2 aromatic carbocycles. The highest BCUT2D eigenvalue weighted by molar-refractivity contribution is 5.92. The number of hydrogen-bond acceptors (Lipinski definition) is 5. The Morgan fingerprint density at radius 2 is 1.72 bits per heavy atom. The minimum atomic E-state index is -2.26. The van der Waals surface area contributed by atoms with Gasteiger partial charge in [0.05, 0.1) is 18.7 Å². The first-order valence-electron chi connectivity index (χ1n) is 9.47. The summed E-state index contributed by atoms with van der Waals surface area (Å²) in [5, 5.41) is 0. The quantitative estimate of drug-likeness (QED) is 0.298. The first-order valence-corrected chi connectivity index (χ1v) is 9.47. The van der Waals surface area contributed by atoms with Crippen molar-refractivity contribution in [3.05, 3.63) is 58.9 Å². The third kappa shape index (κ3) is 4.33. The molecule has 1 saturated heterocycles. The van der Waals surface area contributed by atoms with E-state index in [0.29, 0.717) is 23.3 Å². The van der Waals surface area contributed by atoms with Crippen LogP contribution in [0.5, 0.6) is 17.2 Å². The molecule has 1 amide bonds. The van der Waals surface area contributed by atoms with E-state index in [1.807, 2.05) is 0 Å². The molecular weight excluding hydrogens is 441 g/mol. The van der Waals surface area contributed by atoms with Crippen molar-refractivity contribution in [3.8, 4) is 17.2 Å². The van der Waals surface area contributed by atoms with E-state index in [1.165, 1.54) is 4.90 Å². The van der Waals surface area contributed by atoms with Gasteiger partial charge in [0, 0.05) is 18.7 Å². The van der Waals surface area contributed by atoms with Gasteiger partial charge in [-0.2, -0.15) is 0 Å². The summed E-state index contributed by atoms with van der Waals surface area (Å²) in [6.07, 6.45) is 0.812. The monoisotopic (exact) mass is 457 g/mol. The number of hydrogen-bond donors (Lipinski definition) is 0. The van der Waals surface area contributed by atoms with Crippen molar-refractivity contribution in [2.45, 2.75) is 6.10 Å². The SMILES string of the molecule is O=C(C=Cc1c(F)c(F)c(F)c(F)c1F)N1CCOC(COc2ccc3c(c2)OCO3)C1. The molecule has 0 saturated carbocycles. The van der Waals surface area contributed by atoms with Crippen LogP contribution in [0.3, 0.4) is 0 Å². The van der Waals surface area contributed by atoms with Gasteiger partial charge in [-0.05, 0) is 18.2 Å². The van der Waals surface area contributed by atoms with E-state index in [0.717, 1.165) is 6.08 Å². The van der Waals surface area contributed by atoms with Crippen LogP contribution < -0.4 is 14.2 Å². The minimum Gasteiger partial charge on any atom is -0.491 e. The number of carbonyl (C=O) groups is 1. The van der Waals surface area contributed by atoms with Crippen LogP contribution in [-0.2, 0) is 9.53 Å². The Balaban J connectivity index is 1.38. The number of ether oxygens (including phenoxy) is 4. The van der Waals surface area contributed by atoms with Crippen molar-refractivity contribution in [2.75, 3.05) is 33.1 Å². The van der Waals surface area contributed by atoms with E-state index in [4.69, 9.17) is 18.9 Å². The van der Waals surface area contributed by atoms with E-state index >= 15 is 0 Å². The summed E-state index contributed by atoms with van der Waals surface area (Å²) in [5.74, 6) is -9.47. The lowest BCUT2D eigenvalue weighted by Gasteiger charge is -2.32. The zero-order valence-electron chi connectivity index (χ0n) is 16.4. The number of halogens is 5. The summed E-state index contributed by atoms with van der Waals surface area (Å²) in [6.45, 7) is 0.688. The Hall–Kier alpha value is -3.34. The number of fused-ring (bicyclic) bond motifs is 1. The van der Waals surface area contributed by atoms with Crippen LogP contribution in [0.4, 0.5) is 22.0 Å². The standard InChI is InChI=1S/C21H16F5NO5/c22-17-13(18(23)20(25)21(26)19(17)24)2-4-16(28)27-5-6-29-12(8-27)9-30-11-1-3-14-15(7-11)32-10-31-14/h1-4,7,12H,5-6,8-10H2. The molecule has 2 aliphatic rings. The zero-order valence-corrected chi connectivity index (χ0v) is 16.4. The average molecular weight is 457 g/mol. The largest absolute Gasteiger partial charge is 0.491 e. The van der Waals surface area contributed by atoms with Gasteiger partial charge in [0.2, 0.25) is 18.5 Å². The maximum absolute atomic E-state index is 13.8. The molecule has 0 aromatic heterocycles. The van der Waals surface area contributed by atoms with Gasteiger partial charge in [-0.3, -0.25) is 4.79 Å².